The van der Waals surface area contributed by atoms with E-state index in [4.69, 9.17) is 9.47 Å². The number of ether oxygens (including phenoxy) is 2. The summed E-state index contributed by atoms with van der Waals surface area (Å²) in [6.07, 6.45) is 5.05. The topological polar surface area (TPSA) is 80.3 Å². The third-order valence-corrected chi connectivity index (χ3v) is 5.74. The van der Waals surface area contributed by atoms with Crippen LogP contribution in [0.2, 0.25) is 0 Å². The Hall–Kier alpha value is -1.93. The van der Waals surface area contributed by atoms with E-state index in [1.54, 1.807) is 13.4 Å². The van der Waals surface area contributed by atoms with E-state index in [-0.39, 0.29) is 23.2 Å². The molecule has 0 amide bonds. The highest BCUT2D eigenvalue weighted by molar-refractivity contribution is 5.70. The molecule has 1 aliphatic heterocycles. The molecule has 0 N–H and O–H groups in total. The summed E-state index contributed by atoms with van der Waals surface area (Å²) < 4.78 is 16.2. The quantitative estimate of drug-likeness (QED) is 0.825. The monoisotopic (exact) mass is 362 g/mol. The third-order valence-electron chi connectivity index (χ3n) is 5.74. The van der Waals surface area contributed by atoms with E-state index >= 15 is 0 Å². The molecule has 0 aromatic carbocycles. The van der Waals surface area contributed by atoms with Crippen LogP contribution in [0.1, 0.15) is 45.6 Å². The van der Waals surface area contributed by atoms with Crippen molar-refractivity contribution in [3.05, 3.63) is 27.2 Å². The molecule has 2 fully saturated rings. The Morgan fingerprint density at radius 3 is 2.50 bits per heavy atom. The van der Waals surface area contributed by atoms with Gasteiger partial charge in [-0.05, 0) is 32.6 Å². The lowest BCUT2D eigenvalue weighted by Crippen LogP contribution is -2.43. The van der Waals surface area contributed by atoms with Crippen molar-refractivity contribution in [2.75, 3.05) is 13.2 Å². The highest BCUT2D eigenvalue weighted by Crippen LogP contribution is 2.38. The normalized spacial score (nSPS) is 20.6. The first kappa shape index (κ1) is 17.5. The van der Waals surface area contributed by atoms with Gasteiger partial charge in [0.2, 0.25) is 0 Å². The molecular formula is C18H26N4O4. The fourth-order valence-corrected chi connectivity index (χ4v) is 4.19. The Kier molecular flexibility index (Phi) is 4.27. The number of aromatic nitrogens is 4. The van der Waals surface area contributed by atoms with Crippen LogP contribution >= 0.6 is 0 Å². The fourth-order valence-electron chi connectivity index (χ4n) is 4.19. The molecule has 2 aliphatic rings. The molecule has 8 nitrogen and oxygen atoms in total. The van der Waals surface area contributed by atoms with Crippen molar-refractivity contribution in [3.8, 4) is 0 Å². The van der Waals surface area contributed by atoms with Crippen LogP contribution in [0.5, 0.6) is 0 Å². The van der Waals surface area contributed by atoms with Gasteiger partial charge in [0.1, 0.15) is 0 Å². The lowest BCUT2D eigenvalue weighted by Gasteiger charge is -2.35. The standard InChI is InChI=1S/C18H26N4O4/c1-12(2)22-11-19-15-14(22)16(23)21(17(24)20(15)3)10-13-4-6-18(7-5-13)25-8-9-26-18/h11-13H,4-10H2,1-3H3. The zero-order valence-electron chi connectivity index (χ0n) is 15.6. The van der Waals surface area contributed by atoms with Crippen molar-refractivity contribution in [1.29, 1.82) is 0 Å². The van der Waals surface area contributed by atoms with Crippen LogP contribution in [0, 0.1) is 5.92 Å². The smallest absolute Gasteiger partial charge is 0.332 e. The van der Waals surface area contributed by atoms with Gasteiger partial charge in [0.05, 0.1) is 19.5 Å². The maximum Gasteiger partial charge on any atom is 0.332 e. The molecule has 1 saturated carbocycles. The van der Waals surface area contributed by atoms with Gasteiger partial charge in [0.15, 0.2) is 17.0 Å². The van der Waals surface area contributed by atoms with Gasteiger partial charge in [-0.25, -0.2) is 9.78 Å². The molecule has 142 valence electrons. The second kappa shape index (κ2) is 6.35. The van der Waals surface area contributed by atoms with Crippen LogP contribution in [0.4, 0.5) is 0 Å². The van der Waals surface area contributed by atoms with Gasteiger partial charge in [-0.15, -0.1) is 0 Å². The fraction of sp³-hybridized carbons (Fsp3) is 0.722. The summed E-state index contributed by atoms with van der Waals surface area (Å²) in [6.45, 7) is 5.73. The SMILES string of the molecule is CC(C)n1cnc2c1c(=O)n(CC1CCC3(CC1)OCCO3)c(=O)n2C. The molecule has 0 radical (unpaired) electrons. The van der Waals surface area contributed by atoms with Crippen LogP contribution < -0.4 is 11.2 Å². The third kappa shape index (κ3) is 2.72. The maximum atomic E-state index is 13.1. The van der Waals surface area contributed by atoms with Crippen LogP contribution in [-0.2, 0) is 23.1 Å². The second-order valence-corrected chi connectivity index (χ2v) is 7.73. The number of nitrogens with zero attached hydrogens (tertiary/aromatic N) is 4. The first-order valence-corrected chi connectivity index (χ1v) is 9.36. The van der Waals surface area contributed by atoms with Gasteiger partial charge in [-0.3, -0.25) is 13.9 Å². The van der Waals surface area contributed by atoms with Crippen molar-refractivity contribution < 1.29 is 9.47 Å². The van der Waals surface area contributed by atoms with E-state index in [2.05, 4.69) is 4.98 Å². The number of aryl methyl sites for hydroxylation is 1. The van der Waals surface area contributed by atoms with Crippen molar-refractivity contribution in [2.24, 2.45) is 13.0 Å². The minimum Gasteiger partial charge on any atom is -0.348 e. The Labute approximate surface area is 151 Å². The molecule has 8 heteroatoms. The minimum absolute atomic E-state index is 0.102. The van der Waals surface area contributed by atoms with Crippen molar-refractivity contribution in [2.45, 2.75) is 57.9 Å². The van der Waals surface area contributed by atoms with E-state index < -0.39 is 5.79 Å². The molecule has 2 aromatic rings. The highest BCUT2D eigenvalue weighted by Gasteiger charge is 2.40. The predicted molar refractivity (Wildman–Crippen MR) is 96.2 cm³/mol. The summed E-state index contributed by atoms with van der Waals surface area (Å²) in [7, 11) is 1.67. The number of imidazole rings is 1. The zero-order valence-corrected chi connectivity index (χ0v) is 15.6. The Balaban J connectivity index is 1.65. The van der Waals surface area contributed by atoms with Crippen molar-refractivity contribution >= 4 is 11.2 Å². The lowest BCUT2D eigenvalue weighted by molar-refractivity contribution is -0.183. The van der Waals surface area contributed by atoms with Crippen LogP contribution in [0.15, 0.2) is 15.9 Å². The first-order valence-electron chi connectivity index (χ1n) is 9.36. The van der Waals surface area contributed by atoms with Crippen LogP contribution in [0.3, 0.4) is 0 Å². The minimum atomic E-state index is -0.424. The molecule has 0 atom stereocenters. The van der Waals surface area contributed by atoms with Crippen LogP contribution in [-0.4, -0.2) is 37.7 Å². The molecule has 1 aliphatic carbocycles. The van der Waals surface area contributed by atoms with Gasteiger partial charge in [0, 0.05) is 32.5 Å². The average Bonchev–Trinajstić information content (AvgIpc) is 3.26. The summed E-state index contributed by atoms with van der Waals surface area (Å²) in [5, 5.41) is 0. The van der Waals surface area contributed by atoms with Gasteiger partial charge in [-0.1, -0.05) is 0 Å². The number of rotatable bonds is 3. The maximum absolute atomic E-state index is 13.1. The first-order chi connectivity index (χ1) is 12.4. The average molecular weight is 362 g/mol. The van der Waals surface area contributed by atoms with E-state index in [0.29, 0.717) is 30.9 Å². The molecule has 2 aromatic heterocycles. The molecule has 3 heterocycles. The van der Waals surface area contributed by atoms with Gasteiger partial charge >= 0.3 is 5.69 Å². The largest absolute Gasteiger partial charge is 0.348 e. The van der Waals surface area contributed by atoms with E-state index in [1.165, 1.54) is 9.13 Å². The van der Waals surface area contributed by atoms with Crippen molar-refractivity contribution in [1.82, 2.24) is 18.7 Å². The number of hydrogen-bond donors (Lipinski definition) is 0. The highest BCUT2D eigenvalue weighted by atomic mass is 16.7. The molecule has 0 unspecified atom stereocenters. The summed E-state index contributed by atoms with van der Waals surface area (Å²) in [6, 6.07) is 0.102. The molecule has 26 heavy (non-hydrogen) atoms. The Morgan fingerprint density at radius 1 is 1.23 bits per heavy atom. The molecule has 0 bridgehead atoms. The van der Waals surface area contributed by atoms with Gasteiger partial charge in [-0.2, -0.15) is 0 Å². The van der Waals surface area contributed by atoms with E-state index in [9.17, 15) is 9.59 Å². The summed E-state index contributed by atoms with van der Waals surface area (Å²) in [5.41, 5.74) is 0.394. The van der Waals surface area contributed by atoms with Gasteiger partial charge < -0.3 is 14.0 Å². The molecule has 1 spiro atoms. The Morgan fingerprint density at radius 2 is 1.88 bits per heavy atom. The summed E-state index contributed by atoms with van der Waals surface area (Å²) in [4.78, 5) is 30.1. The lowest BCUT2D eigenvalue weighted by atomic mass is 9.85. The Bertz CT molecular complexity index is 923. The molecule has 1 saturated heterocycles. The zero-order chi connectivity index (χ0) is 18.5. The summed E-state index contributed by atoms with van der Waals surface area (Å²) in [5.74, 6) is -0.154. The number of fused-ring (bicyclic) bond motifs is 1. The van der Waals surface area contributed by atoms with E-state index in [1.807, 2.05) is 18.4 Å². The van der Waals surface area contributed by atoms with E-state index in [0.717, 1.165) is 25.7 Å². The predicted octanol–water partition coefficient (Wildman–Crippen LogP) is 1.41. The molecular weight excluding hydrogens is 336 g/mol. The van der Waals surface area contributed by atoms with Crippen LogP contribution in [0.25, 0.3) is 11.2 Å². The molecule has 4 rings (SSSR count). The summed E-state index contributed by atoms with van der Waals surface area (Å²) >= 11 is 0. The van der Waals surface area contributed by atoms with Gasteiger partial charge in [0.25, 0.3) is 5.56 Å². The van der Waals surface area contributed by atoms with Crippen molar-refractivity contribution in [3.63, 3.8) is 0 Å². The second-order valence-electron chi connectivity index (χ2n) is 7.73. The number of hydrogen-bond acceptors (Lipinski definition) is 5.